The Bertz CT molecular complexity index is 691. The van der Waals surface area contributed by atoms with Crippen LogP contribution in [0.15, 0.2) is 54.9 Å². The van der Waals surface area contributed by atoms with Gasteiger partial charge in [-0.1, -0.05) is 30.3 Å². The number of hydrogen-bond donors (Lipinski definition) is 1. The molecule has 0 radical (unpaired) electrons. The van der Waals surface area contributed by atoms with E-state index in [0.717, 1.165) is 23.5 Å². The Morgan fingerprint density at radius 3 is 2.75 bits per heavy atom. The van der Waals surface area contributed by atoms with E-state index in [-0.39, 0.29) is 0 Å². The van der Waals surface area contributed by atoms with Crippen LogP contribution in [-0.4, -0.2) is 16.0 Å². The Morgan fingerprint density at radius 2 is 1.95 bits per heavy atom. The predicted octanol–water partition coefficient (Wildman–Crippen LogP) is 2.41. The molecule has 20 heavy (non-hydrogen) atoms. The number of imidazole rings is 1. The molecule has 0 unspecified atom stereocenters. The summed E-state index contributed by atoms with van der Waals surface area (Å²) in [7, 11) is 0. The zero-order chi connectivity index (χ0) is 13.8. The number of nitrogens with two attached hydrogens (primary N) is 1. The van der Waals surface area contributed by atoms with Crippen LogP contribution in [0.25, 0.3) is 5.65 Å². The zero-order valence-corrected chi connectivity index (χ0v) is 11.2. The largest absolute Gasteiger partial charge is 0.489 e. The molecule has 2 heterocycles. The molecule has 3 rings (SSSR count). The number of nitrogens with zero attached hydrogens (tertiary/aromatic N) is 2. The summed E-state index contributed by atoms with van der Waals surface area (Å²) in [6.45, 7) is 1.07. The van der Waals surface area contributed by atoms with Crippen molar-refractivity contribution in [2.24, 2.45) is 5.73 Å². The van der Waals surface area contributed by atoms with Gasteiger partial charge in [0.15, 0.2) is 11.4 Å². The van der Waals surface area contributed by atoms with Crippen LogP contribution in [0.3, 0.4) is 0 Å². The number of ether oxygens (including phenoxy) is 1. The maximum Gasteiger partial charge on any atom is 0.179 e. The minimum absolute atomic E-state index is 0.436. The van der Waals surface area contributed by atoms with Gasteiger partial charge in [-0.3, -0.25) is 0 Å². The second kappa shape index (κ2) is 5.75. The molecule has 2 aromatic heterocycles. The van der Waals surface area contributed by atoms with E-state index >= 15 is 0 Å². The highest BCUT2D eigenvalue weighted by Crippen LogP contribution is 2.19. The Kier molecular flexibility index (Phi) is 3.65. The number of fused-ring (bicyclic) bond motifs is 1. The number of rotatable bonds is 5. The molecular weight excluding hydrogens is 250 g/mol. The normalized spacial score (nSPS) is 10.8. The van der Waals surface area contributed by atoms with Crippen molar-refractivity contribution >= 4 is 5.65 Å². The van der Waals surface area contributed by atoms with E-state index in [4.69, 9.17) is 10.5 Å². The van der Waals surface area contributed by atoms with E-state index in [2.05, 4.69) is 17.1 Å². The van der Waals surface area contributed by atoms with Crippen molar-refractivity contribution in [3.8, 4) is 5.75 Å². The molecule has 0 spiro atoms. The van der Waals surface area contributed by atoms with E-state index in [9.17, 15) is 0 Å². The molecular formula is C16H17N3O. The van der Waals surface area contributed by atoms with Crippen molar-refractivity contribution in [2.45, 2.75) is 13.0 Å². The van der Waals surface area contributed by atoms with Crippen LogP contribution in [0.5, 0.6) is 5.75 Å². The lowest BCUT2D eigenvalue weighted by atomic mass is 10.2. The zero-order valence-electron chi connectivity index (χ0n) is 11.2. The highest BCUT2D eigenvalue weighted by atomic mass is 16.5. The monoisotopic (exact) mass is 267 g/mol. The highest BCUT2D eigenvalue weighted by Gasteiger charge is 2.06. The average Bonchev–Trinajstić information content (AvgIpc) is 2.92. The topological polar surface area (TPSA) is 52.5 Å². The average molecular weight is 267 g/mol. The van der Waals surface area contributed by atoms with Crippen molar-refractivity contribution in [3.05, 3.63) is 66.1 Å². The first-order valence-electron chi connectivity index (χ1n) is 6.70. The van der Waals surface area contributed by atoms with E-state index in [0.29, 0.717) is 13.2 Å². The molecule has 0 saturated heterocycles. The molecule has 102 valence electrons. The number of hydrogen-bond acceptors (Lipinski definition) is 3. The Balaban J connectivity index is 1.72. The number of pyridine rings is 1. The van der Waals surface area contributed by atoms with Crippen molar-refractivity contribution in [3.63, 3.8) is 0 Å². The molecule has 4 heteroatoms. The Hall–Kier alpha value is -2.33. The van der Waals surface area contributed by atoms with E-state index < -0.39 is 0 Å². The highest BCUT2D eigenvalue weighted by molar-refractivity contribution is 5.54. The maximum absolute atomic E-state index is 5.86. The Morgan fingerprint density at radius 1 is 1.10 bits per heavy atom. The minimum atomic E-state index is 0.436. The first-order valence-corrected chi connectivity index (χ1v) is 6.70. The summed E-state index contributed by atoms with van der Waals surface area (Å²) in [5.41, 5.74) is 8.58. The SMILES string of the molecule is NCc1cn2cccc(OCCc3ccccc3)c2n1. The van der Waals surface area contributed by atoms with Crippen LogP contribution in [0.1, 0.15) is 11.3 Å². The van der Waals surface area contributed by atoms with Crippen LogP contribution in [0.2, 0.25) is 0 Å². The van der Waals surface area contributed by atoms with Gasteiger partial charge in [0.2, 0.25) is 0 Å². The summed E-state index contributed by atoms with van der Waals surface area (Å²) in [5.74, 6) is 0.795. The van der Waals surface area contributed by atoms with Gasteiger partial charge < -0.3 is 14.9 Å². The molecule has 0 aliphatic carbocycles. The van der Waals surface area contributed by atoms with Crippen molar-refractivity contribution in [2.75, 3.05) is 6.61 Å². The maximum atomic E-state index is 5.86. The van der Waals surface area contributed by atoms with Gasteiger partial charge in [0.25, 0.3) is 0 Å². The molecule has 0 bridgehead atoms. The smallest absolute Gasteiger partial charge is 0.179 e. The first kappa shape index (κ1) is 12.7. The second-order valence-corrected chi connectivity index (χ2v) is 4.62. The third kappa shape index (κ3) is 2.65. The van der Waals surface area contributed by atoms with Gasteiger partial charge in [-0.2, -0.15) is 0 Å². The van der Waals surface area contributed by atoms with Crippen molar-refractivity contribution in [1.82, 2.24) is 9.38 Å². The lowest BCUT2D eigenvalue weighted by Crippen LogP contribution is -2.02. The summed E-state index contributed by atoms with van der Waals surface area (Å²) in [6.07, 6.45) is 4.76. The first-order chi connectivity index (χ1) is 9.86. The molecule has 4 nitrogen and oxygen atoms in total. The van der Waals surface area contributed by atoms with Crippen LogP contribution in [-0.2, 0) is 13.0 Å². The quantitative estimate of drug-likeness (QED) is 0.772. The van der Waals surface area contributed by atoms with Crippen LogP contribution >= 0.6 is 0 Å². The van der Waals surface area contributed by atoms with Gasteiger partial charge in [-0.15, -0.1) is 0 Å². The molecule has 0 saturated carbocycles. The third-order valence-electron chi connectivity index (χ3n) is 3.20. The standard InChI is InChI=1S/C16H17N3O/c17-11-14-12-19-9-4-7-15(16(19)18-14)20-10-8-13-5-2-1-3-6-13/h1-7,9,12H,8,10-11,17H2. The van der Waals surface area contributed by atoms with E-state index in [1.54, 1.807) is 0 Å². The van der Waals surface area contributed by atoms with E-state index in [1.165, 1.54) is 5.56 Å². The third-order valence-corrected chi connectivity index (χ3v) is 3.20. The summed E-state index contributed by atoms with van der Waals surface area (Å²) < 4.78 is 7.80. The summed E-state index contributed by atoms with van der Waals surface area (Å²) in [5, 5.41) is 0. The minimum Gasteiger partial charge on any atom is -0.489 e. The van der Waals surface area contributed by atoms with Gasteiger partial charge in [0.05, 0.1) is 12.3 Å². The van der Waals surface area contributed by atoms with Gasteiger partial charge in [-0.05, 0) is 17.7 Å². The van der Waals surface area contributed by atoms with Gasteiger partial charge >= 0.3 is 0 Å². The molecule has 0 fully saturated rings. The molecule has 3 aromatic rings. The summed E-state index contributed by atoms with van der Waals surface area (Å²) >= 11 is 0. The lowest BCUT2D eigenvalue weighted by molar-refractivity contribution is 0.324. The molecule has 0 aliphatic heterocycles. The molecule has 0 atom stereocenters. The van der Waals surface area contributed by atoms with Gasteiger partial charge in [-0.25, -0.2) is 4.98 Å². The number of benzene rings is 1. The molecule has 0 amide bonds. The molecule has 0 aliphatic rings. The van der Waals surface area contributed by atoms with E-state index in [1.807, 2.05) is 47.1 Å². The second-order valence-electron chi connectivity index (χ2n) is 4.62. The fourth-order valence-corrected chi connectivity index (χ4v) is 2.17. The number of aromatic nitrogens is 2. The molecule has 2 N–H and O–H groups in total. The predicted molar refractivity (Wildman–Crippen MR) is 78.7 cm³/mol. The summed E-state index contributed by atoms with van der Waals surface area (Å²) in [4.78, 5) is 4.47. The molecule has 1 aromatic carbocycles. The Labute approximate surface area is 117 Å². The van der Waals surface area contributed by atoms with Crippen molar-refractivity contribution < 1.29 is 4.74 Å². The fraction of sp³-hybridized carbons (Fsp3) is 0.188. The lowest BCUT2D eigenvalue weighted by Gasteiger charge is -2.07. The van der Waals surface area contributed by atoms with Gasteiger partial charge in [0.1, 0.15) is 0 Å². The fourth-order valence-electron chi connectivity index (χ4n) is 2.17. The van der Waals surface area contributed by atoms with Crippen LogP contribution in [0.4, 0.5) is 0 Å². The summed E-state index contributed by atoms with van der Waals surface area (Å²) in [6, 6.07) is 14.2. The van der Waals surface area contributed by atoms with Crippen LogP contribution in [0, 0.1) is 0 Å². The van der Waals surface area contributed by atoms with Gasteiger partial charge in [0, 0.05) is 25.4 Å². The van der Waals surface area contributed by atoms with Crippen LogP contribution < -0.4 is 10.5 Å². The van der Waals surface area contributed by atoms with Crippen molar-refractivity contribution in [1.29, 1.82) is 0 Å².